The van der Waals surface area contributed by atoms with E-state index in [1.54, 1.807) is 4.74 Å². The van der Waals surface area contributed by atoms with Gasteiger partial charge in [-0.05, 0) is 0 Å². The molecule has 0 aromatic carbocycles. The highest BCUT2D eigenvalue weighted by Gasteiger charge is 2.86. The highest BCUT2D eigenvalue weighted by molar-refractivity contribution is 4.96. The minimum atomic E-state index is -8.45. The fraction of sp³-hybridized carbons (Fsp3) is 1.00. The zero-order valence-corrected chi connectivity index (χ0v) is 15.3. The standard InChI is InChI=1S/C11H3F21O4/c12-2(1-33,5(15,16)17)34-9(27,28)3(13,6(18,19)20)35-10(29,30)4(14,7(21,22)23)36-11(31,32)8(24,25)26/h33H,1H2. The number of rotatable bonds is 9. The van der Waals surface area contributed by atoms with Crippen molar-refractivity contribution >= 4 is 0 Å². The van der Waals surface area contributed by atoms with Crippen LogP contribution in [0.1, 0.15) is 0 Å². The molecule has 0 aromatic rings. The lowest BCUT2D eigenvalue weighted by molar-refractivity contribution is -0.578. The zero-order valence-electron chi connectivity index (χ0n) is 15.3. The van der Waals surface area contributed by atoms with Crippen LogP contribution in [0.2, 0.25) is 0 Å². The lowest BCUT2D eigenvalue weighted by atomic mass is 10.2. The van der Waals surface area contributed by atoms with Gasteiger partial charge in [0, 0.05) is 0 Å². The zero-order chi connectivity index (χ0) is 29.8. The Kier molecular flexibility index (Phi) is 8.58. The summed E-state index contributed by atoms with van der Waals surface area (Å²) in [5.41, 5.74) is 0. The first-order chi connectivity index (χ1) is 15.2. The van der Waals surface area contributed by atoms with Gasteiger partial charge in [-0.3, -0.25) is 14.2 Å². The van der Waals surface area contributed by atoms with Crippen LogP contribution in [0.3, 0.4) is 0 Å². The summed E-state index contributed by atoms with van der Waals surface area (Å²) in [6.45, 7) is -3.55. The molecule has 4 nitrogen and oxygen atoms in total. The number of hydrogen-bond donors (Lipinski definition) is 1. The van der Waals surface area contributed by atoms with Crippen LogP contribution in [0.4, 0.5) is 92.2 Å². The number of alkyl halides is 21. The van der Waals surface area contributed by atoms with Crippen molar-refractivity contribution in [1.82, 2.24) is 0 Å². The van der Waals surface area contributed by atoms with Crippen molar-refractivity contribution < 1.29 is 112 Å². The molecule has 25 heteroatoms. The third-order valence-corrected chi connectivity index (χ3v) is 3.26. The van der Waals surface area contributed by atoms with Gasteiger partial charge in [-0.1, -0.05) is 0 Å². The van der Waals surface area contributed by atoms with Crippen molar-refractivity contribution in [2.75, 3.05) is 6.61 Å². The second-order valence-electron chi connectivity index (χ2n) is 5.92. The van der Waals surface area contributed by atoms with Gasteiger partial charge in [-0.2, -0.15) is 92.2 Å². The average Bonchev–Trinajstić information content (AvgIpc) is 2.56. The molecule has 0 radical (unpaired) electrons. The summed E-state index contributed by atoms with van der Waals surface area (Å²) in [5.74, 6) is -23.2. The molecule has 0 heterocycles. The molecule has 3 unspecified atom stereocenters. The molecule has 0 amide bonds. The summed E-state index contributed by atoms with van der Waals surface area (Å²) in [7, 11) is 0. The van der Waals surface area contributed by atoms with E-state index < -0.39 is 67.2 Å². The second kappa shape index (κ2) is 8.99. The fourth-order valence-corrected chi connectivity index (χ4v) is 1.49. The molecule has 218 valence electrons. The van der Waals surface area contributed by atoms with E-state index in [1.807, 2.05) is 0 Å². The summed E-state index contributed by atoms with van der Waals surface area (Å²) in [5, 5.41) is 8.06. The van der Waals surface area contributed by atoms with Crippen molar-refractivity contribution in [3.05, 3.63) is 0 Å². The largest absolute Gasteiger partial charge is 0.483 e. The molecule has 0 aliphatic rings. The van der Waals surface area contributed by atoms with Crippen molar-refractivity contribution in [3.8, 4) is 0 Å². The number of aliphatic hydroxyl groups excluding tert-OH is 1. The van der Waals surface area contributed by atoms with Crippen molar-refractivity contribution in [1.29, 1.82) is 0 Å². The van der Waals surface area contributed by atoms with Gasteiger partial charge in [0.05, 0.1) is 0 Å². The molecule has 0 saturated heterocycles. The van der Waals surface area contributed by atoms with Crippen LogP contribution in [0, 0.1) is 0 Å². The minimum absolute atomic E-state index is 1.13. The molecular weight excluding hydrogens is 595 g/mol. The monoisotopic (exact) mass is 598 g/mol. The van der Waals surface area contributed by atoms with E-state index in [0.29, 0.717) is 0 Å². The maximum atomic E-state index is 13.9. The van der Waals surface area contributed by atoms with E-state index in [0.717, 1.165) is 4.74 Å². The molecule has 0 fully saturated rings. The van der Waals surface area contributed by atoms with Crippen LogP contribution < -0.4 is 0 Å². The Morgan fingerprint density at radius 2 is 0.639 bits per heavy atom. The first-order valence-electron chi connectivity index (χ1n) is 7.36. The Bertz CT molecular complexity index is 766. The Morgan fingerprint density at radius 1 is 0.361 bits per heavy atom. The lowest BCUT2D eigenvalue weighted by Crippen LogP contribution is -2.70. The first-order valence-corrected chi connectivity index (χ1v) is 7.36. The Hall–Kier alpha value is -1.63. The van der Waals surface area contributed by atoms with Crippen LogP contribution in [-0.2, 0) is 14.2 Å². The van der Waals surface area contributed by atoms with Crippen LogP contribution in [0.15, 0.2) is 0 Å². The van der Waals surface area contributed by atoms with Gasteiger partial charge >= 0.3 is 60.6 Å². The van der Waals surface area contributed by atoms with E-state index in [2.05, 4.69) is 0 Å². The lowest BCUT2D eigenvalue weighted by Gasteiger charge is -2.42. The fourth-order valence-electron chi connectivity index (χ4n) is 1.49. The van der Waals surface area contributed by atoms with Crippen LogP contribution in [0.25, 0.3) is 0 Å². The maximum absolute atomic E-state index is 13.9. The van der Waals surface area contributed by atoms with Gasteiger partial charge in [0.2, 0.25) is 0 Å². The Balaban J connectivity index is 6.98. The average molecular weight is 598 g/mol. The van der Waals surface area contributed by atoms with Gasteiger partial charge in [0.25, 0.3) is 0 Å². The summed E-state index contributed by atoms with van der Waals surface area (Å²) in [6.07, 6.45) is -55.3. The number of aliphatic hydroxyl groups is 1. The summed E-state index contributed by atoms with van der Waals surface area (Å²) >= 11 is 0. The summed E-state index contributed by atoms with van der Waals surface area (Å²) in [4.78, 5) is 0. The van der Waals surface area contributed by atoms with Crippen LogP contribution in [0.5, 0.6) is 0 Å². The van der Waals surface area contributed by atoms with Gasteiger partial charge in [0.1, 0.15) is 6.61 Å². The predicted molar refractivity (Wildman–Crippen MR) is 60.9 cm³/mol. The number of hydrogen-bond acceptors (Lipinski definition) is 4. The van der Waals surface area contributed by atoms with Gasteiger partial charge in [-0.15, -0.1) is 0 Å². The summed E-state index contributed by atoms with van der Waals surface area (Å²) in [6, 6.07) is 0. The molecule has 0 saturated carbocycles. The van der Waals surface area contributed by atoms with Crippen LogP contribution >= 0.6 is 0 Å². The maximum Gasteiger partial charge on any atom is 0.483 e. The molecule has 0 bridgehead atoms. The van der Waals surface area contributed by atoms with Crippen molar-refractivity contribution in [2.45, 2.75) is 60.6 Å². The quantitative estimate of drug-likeness (QED) is 0.329. The van der Waals surface area contributed by atoms with Gasteiger partial charge < -0.3 is 5.11 Å². The molecule has 0 aliphatic carbocycles. The minimum Gasteiger partial charge on any atom is -0.390 e. The van der Waals surface area contributed by atoms with Gasteiger partial charge in [-0.25, -0.2) is 0 Å². The Morgan fingerprint density at radius 3 is 0.861 bits per heavy atom. The van der Waals surface area contributed by atoms with E-state index in [-0.39, 0.29) is 0 Å². The molecule has 3 atom stereocenters. The third-order valence-electron chi connectivity index (χ3n) is 3.26. The number of halogens is 21. The second-order valence-corrected chi connectivity index (χ2v) is 5.92. The summed E-state index contributed by atoms with van der Waals surface area (Å²) < 4.78 is 273. The van der Waals surface area contributed by atoms with E-state index >= 15 is 0 Å². The first kappa shape index (κ1) is 34.4. The molecule has 0 aromatic heterocycles. The van der Waals surface area contributed by atoms with Crippen molar-refractivity contribution in [2.24, 2.45) is 0 Å². The highest BCUT2D eigenvalue weighted by atomic mass is 19.4. The van der Waals surface area contributed by atoms with Gasteiger partial charge in [0.15, 0.2) is 0 Å². The predicted octanol–water partition coefficient (Wildman–Crippen LogP) is 6.05. The normalized spacial score (nSPS) is 20.5. The molecular formula is C11H3F21O4. The highest BCUT2D eigenvalue weighted by Crippen LogP contribution is 2.58. The van der Waals surface area contributed by atoms with E-state index in [4.69, 9.17) is 5.11 Å². The SMILES string of the molecule is OCC(F)(OC(F)(F)C(F)(OC(F)(F)C(F)(OC(F)(F)C(F)(F)F)C(F)(F)F)C(F)(F)F)C(F)(F)F. The van der Waals surface area contributed by atoms with Crippen LogP contribution in [-0.4, -0.2) is 72.3 Å². The molecule has 0 spiro atoms. The molecule has 0 rings (SSSR count). The molecule has 36 heavy (non-hydrogen) atoms. The molecule has 0 aliphatic heterocycles. The topological polar surface area (TPSA) is 47.9 Å². The van der Waals surface area contributed by atoms with E-state index in [1.165, 1.54) is 4.74 Å². The Labute approximate surface area is 180 Å². The number of ether oxygens (including phenoxy) is 3. The third kappa shape index (κ3) is 5.92. The molecule has 1 N–H and O–H groups in total. The smallest absolute Gasteiger partial charge is 0.390 e. The van der Waals surface area contributed by atoms with E-state index in [9.17, 15) is 92.2 Å². The van der Waals surface area contributed by atoms with Crippen molar-refractivity contribution in [3.63, 3.8) is 0 Å².